The van der Waals surface area contributed by atoms with Gasteiger partial charge < -0.3 is 0 Å². The van der Waals surface area contributed by atoms with Crippen LogP contribution in [0.2, 0.25) is 0 Å². The summed E-state index contributed by atoms with van der Waals surface area (Å²) in [5.74, 6) is -0.368. The zero-order chi connectivity index (χ0) is 14.1. The Balaban J connectivity index is 2.27. The summed E-state index contributed by atoms with van der Waals surface area (Å²) >= 11 is 0. The fraction of sp³-hybridized carbons (Fsp3) is 0.333. The van der Waals surface area contributed by atoms with Gasteiger partial charge in [0.05, 0.1) is 0 Å². The van der Waals surface area contributed by atoms with Crippen LogP contribution in [-0.2, 0) is 9.59 Å². The fourth-order valence-corrected chi connectivity index (χ4v) is 1.59. The molecule has 0 saturated carbocycles. The molecule has 19 heavy (non-hydrogen) atoms. The topological polar surface area (TPSA) is 66.4 Å². The van der Waals surface area contributed by atoms with Gasteiger partial charge in [-0.1, -0.05) is 35.9 Å². The van der Waals surface area contributed by atoms with E-state index in [9.17, 15) is 9.59 Å². The van der Waals surface area contributed by atoms with E-state index in [0.717, 1.165) is 5.56 Å². The van der Waals surface area contributed by atoms with E-state index in [1.807, 2.05) is 31.2 Å². The number of aryl methyl sites for hydroxylation is 1. The molecule has 2 N–H and O–H groups in total. The quantitative estimate of drug-likeness (QED) is 0.343. The van der Waals surface area contributed by atoms with Crippen LogP contribution in [0.5, 0.6) is 0 Å². The maximum atomic E-state index is 11.6. The summed E-state index contributed by atoms with van der Waals surface area (Å²) < 4.78 is 0. The molecule has 0 saturated heterocycles. The first-order valence-electron chi connectivity index (χ1n) is 6.32. The van der Waals surface area contributed by atoms with E-state index in [-0.39, 0.29) is 12.2 Å². The summed E-state index contributed by atoms with van der Waals surface area (Å²) in [7, 11) is 0. The Hall–Kier alpha value is -1.94. The van der Waals surface area contributed by atoms with Crippen LogP contribution >= 0.6 is 0 Å². The van der Waals surface area contributed by atoms with Gasteiger partial charge in [-0.25, -0.2) is 5.48 Å². The number of carbonyl (C=O) groups is 2. The number of unbranched alkanes of at least 4 members (excludes halogenated alkanes) is 1. The standard InChI is InChI=1S/C15H19NO3/c1-12-6-8-13(9-7-12)10-11-14(17)4-2-3-5-15(18)16-19/h6-11,19H,2-5H2,1H3,(H,16,18)/b11-10+. The molecule has 0 atom stereocenters. The highest BCUT2D eigenvalue weighted by atomic mass is 16.5. The Kier molecular flexibility index (Phi) is 6.53. The van der Waals surface area contributed by atoms with E-state index < -0.39 is 5.91 Å². The van der Waals surface area contributed by atoms with Crippen molar-refractivity contribution in [3.05, 3.63) is 41.5 Å². The van der Waals surface area contributed by atoms with Crippen LogP contribution in [0.4, 0.5) is 0 Å². The number of ketones is 1. The van der Waals surface area contributed by atoms with Crippen LogP contribution in [0.1, 0.15) is 36.8 Å². The molecule has 0 aliphatic rings. The Morgan fingerprint density at radius 3 is 2.42 bits per heavy atom. The first kappa shape index (κ1) is 15.1. The highest BCUT2D eigenvalue weighted by molar-refractivity contribution is 5.93. The number of amides is 1. The normalized spacial score (nSPS) is 10.6. The van der Waals surface area contributed by atoms with Gasteiger partial charge in [-0.15, -0.1) is 0 Å². The predicted molar refractivity (Wildman–Crippen MR) is 73.6 cm³/mol. The number of carbonyl (C=O) groups excluding carboxylic acids is 2. The van der Waals surface area contributed by atoms with Gasteiger partial charge in [0.15, 0.2) is 5.78 Å². The minimum absolute atomic E-state index is 0.0463. The lowest BCUT2D eigenvalue weighted by Crippen LogP contribution is -2.17. The molecule has 0 bridgehead atoms. The van der Waals surface area contributed by atoms with Crippen LogP contribution < -0.4 is 5.48 Å². The molecule has 4 heteroatoms. The van der Waals surface area contributed by atoms with Gasteiger partial charge >= 0.3 is 0 Å². The van der Waals surface area contributed by atoms with Gasteiger partial charge in [0.25, 0.3) is 0 Å². The van der Waals surface area contributed by atoms with Gasteiger partial charge in [-0.3, -0.25) is 14.8 Å². The van der Waals surface area contributed by atoms with Crippen molar-refractivity contribution in [2.24, 2.45) is 0 Å². The van der Waals surface area contributed by atoms with Gasteiger partial charge in [0.2, 0.25) is 5.91 Å². The van der Waals surface area contributed by atoms with Crippen LogP contribution in [-0.4, -0.2) is 16.9 Å². The van der Waals surface area contributed by atoms with Crippen LogP contribution in [0.3, 0.4) is 0 Å². The summed E-state index contributed by atoms with van der Waals surface area (Å²) in [4.78, 5) is 22.3. The lowest BCUT2D eigenvalue weighted by molar-refractivity contribution is -0.129. The lowest BCUT2D eigenvalue weighted by Gasteiger charge is -1.98. The second-order valence-corrected chi connectivity index (χ2v) is 4.45. The van der Waals surface area contributed by atoms with Gasteiger partial charge in [0.1, 0.15) is 0 Å². The van der Waals surface area contributed by atoms with Crippen molar-refractivity contribution < 1.29 is 14.8 Å². The largest absolute Gasteiger partial charge is 0.295 e. The molecular formula is C15H19NO3. The number of nitrogens with one attached hydrogen (secondary N) is 1. The monoisotopic (exact) mass is 261 g/mol. The van der Waals surface area contributed by atoms with E-state index in [1.165, 1.54) is 5.56 Å². The summed E-state index contributed by atoms with van der Waals surface area (Å²) in [5.41, 5.74) is 3.75. The Bertz CT molecular complexity index is 449. The first-order valence-corrected chi connectivity index (χ1v) is 6.32. The number of hydrogen-bond donors (Lipinski definition) is 2. The number of benzene rings is 1. The van der Waals surface area contributed by atoms with E-state index in [1.54, 1.807) is 17.6 Å². The van der Waals surface area contributed by atoms with Gasteiger partial charge in [-0.05, 0) is 31.4 Å². The third-order valence-electron chi connectivity index (χ3n) is 2.74. The van der Waals surface area contributed by atoms with Crippen molar-refractivity contribution in [2.75, 3.05) is 0 Å². The summed E-state index contributed by atoms with van der Waals surface area (Å²) in [6.07, 6.45) is 5.26. The number of hydrogen-bond acceptors (Lipinski definition) is 3. The van der Waals surface area contributed by atoms with Crippen LogP contribution in [0.25, 0.3) is 6.08 Å². The second kappa shape index (κ2) is 8.21. The molecule has 0 spiro atoms. The Morgan fingerprint density at radius 2 is 1.79 bits per heavy atom. The fourth-order valence-electron chi connectivity index (χ4n) is 1.59. The minimum atomic E-state index is -0.414. The number of hydroxylamine groups is 1. The SMILES string of the molecule is Cc1ccc(/C=C/C(=O)CCCCC(=O)NO)cc1. The molecule has 0 aliphatic carbocycles. The minimum Gasteiger partial charge on any atom is -0.295 e. The van der Waals surface area contributed by atoms with E-state index in [2.05, 4.69) is 0 Å². The van der Waals surface area contributed by atoms with Crippen molar-refractivity contribution in [3.63, 3.8) is 0 Å². The summed E-state index contributed by atoms with van der Waals surface area (Å²) in [6, 6.07) is 7.92. The molecule has 1 amide bonds. The maximum Gasteiger partial charge on any atom is 0.243 e. The van der Waals surface area contributed by atoms with Crippen molar-refractivity contribution in [3.8, 4) is 0 Å². The molecule has 0 radical (unpaired) electrons. The van der Waals surface area contributed by atoms with Crippen molar-refractivity contribution in [1.29, 1.82) is 0 Å². The highest BCUT2D eigenvalue weighted by Gasteiger charge is 2.01. The summed E-state index contributed by atoms with van der Waals surface area (Å²) in [6.45, 7) is 2.02. The third-order valence-corrected chi connectivity index (χ3v) is 2.74. The van der Waals surface area contributed by atoms with Crippen LogP contribution in [0, 0.1) is 6.92 Å². The molecule has 102 valence electrons. The van der Waals surface area contributed by atoms with Crippen LogP contribution in [0.15, 0.2) is 30.3 Å². The molecule has 0 unspecified atom stereocenters. The van der Waals surface area contributed by atoms with Crippen molar-refractivity contribution >= 4 is 17.8 Å². The molecule has 0 fully saturated rings. The first-order chi connectivity index (χ1) is 9.11. The third kappa shape index (κ3) is 6.52. The second-order valence-electron chi connectivity index (χ2n) is 4.45. The molecule has 0 heterocycles. The lowest BCUT2D eigenvalue weighted by atomic mass is 10.1. The van der Waals surface area contributed by atoms with E-state index in [0.29, 0.717) is 19.3 Å². The number of rotatable bonds is 7. The number of allylic oxidation sites excluding steroid dienone is 1. The highest BCUT2D eigenvalue weighted by Crippen LogP contribution is 2.06. The van der Waals surface area contributed by atoms with E-state index in [4.69, 9.17) is 5.21 Å². The van der Waals surface area contributed by atoms with Gasteiger partial charge in [-0.2, -0.15) is 0 Å². The molecule has 4 nitrogen and oxygen atoms in total. The van der Waals surface area contributed by atoms with Crippen molar-refractivity contribution in [2.45, 2.75) is 32.6 Å². The Labute approximate surface area is 113 Å². The van der Waals surface area contributed by atoms with Crippen molar-refractivity contribution in [1.82, 2.24) is 5.48 Å². The Morgan fingerprint density at radius 1 is 1.16 bits per heavy atom. The maximum absolute atomic E-state index is 11.6. The average Bonchev–Trinajstić information content (AvgIpc) is 2.42. The molecular weight excluding hydrogens is 242 g/mol. The molecule has 1 rings (SSSR count). The smallest absolute Gasteiger partial charge is 0.243 e. The predicted octanol–water partition coefficient (Wildman–Crippen LogP) is 2.64. The molecule has 0 aromatic heterocycles. The average molecular weight is 261 g/mol. The zero-order valence-corrected chi connectivity index (χ0v) is 11.1. The molecule has 1 aromatic rings. The molecule has 0 aliphatic heterocycles. The molecule has 1 aromatic carbocycles. The van der Waals surface area contributed by atoms with Gasteiger partial charge in [0, 0.05) is 12.8 Å². The zero-order valence-electron chi connectivity index (χ0n) is 11.1. The van der Waals surface area contributed by atoms with E-state index >= 15 is 0 Å². The summed E-state index contributed by atoms with van der Waals surface area (Å²) in [5, 5.41) is 8.30.